The van der Waals surface area contributed by atoms with Crippen molar-refractivity contribution in [1.82, 2.24) is 10.3 Å². The van der Waals surface area contributed by atoms with Gasteiger partial charge in [0.1, 0.15) is 0 Å². The molecular weight excluding hydrogens is 220 g/mol. The number of nitrogens with one attached hydrogen (secondary N) is 1. The molecule has 2 heterocycles. The van der Waals surface area contributed by atoms with E-state index in [4.69, 9.17) is 0 Å². The fourth-order valence-corrected chi connectivity index (χ4v) is 3.27. The van der Waals surface area contributed by atoms with Crippen molar-refractivity contribution in [3.63, 3.8) is 0 Å². The van der Waals surface area contributed by atoms with E-state index >= 15 is 0 Å². The summed E-state index contributed by atoms with van der Waals surface area (Å²) in [5.41, 5.74) is 1.32. The summed E-state index contributed by atoms with van der Waals surface area (Å²) in [7, 11) is -0.551. The van der Waals surface area contributed by atoms with E-state index in [2.05, 4.69) is 22.4 Å². The van der Waals surface area contributed by atoms with Gasteiger partial charge in [-0.1, -0.05) is 0 Å². The van der Waals surface area contributed by atoms with Crippen LogP contribution in [0.25, 0.3) is 0 Å². The molecule has 0 aliphatic carbocycles. The Kier molecular flexibility index (Phi) is 4.48. The van der Waals surface area contributed by atoms with E-state index in [0.29, 0.717) is 6.04 Å². The maximum Gasteiger partial charge on any atom is 0.0270 e. The molecule has 0 aromatic carbocycles. The van der Waals surface area contributed by atoms with E-state index < -0.39 is 10.8 Å². The van der Waals surface area contributed by atoms with Crippen LogP contribution in [0.1, 0.15) is 18.4 Å². The Hall–Kier alpha value is -0.740. The maximum atomic E-state index is 11.2. The van der Waals surface area contributed by atoms with Gasteiger partial charge in [0.25, 0.3) is 0 Å². The van der Waals surface area contributed by atoms with Crippen LogP contribution >= 0.6 is 0 Å². The molecule has 0 spiro atoms. The fourth-order valence-electron chi connectivity index (χ4n) is 1.97. The minimum absolute atomic E-state index is 0.551. The zero-order valence-corrected chi connectivity index (χ0v) is 10.2. The lowest BCUT2D eigenvalue weighted by Crippen LogP contribution is -2.36. The summed E-state index contributed by atoms with van der Waals surface area (Å²) < 4.78 is 11.2. The van der Waals surface area contributed by atoms with Gasteiger partial charge in [-0.25, -0.2) is 0 Å². The molecule has 4 heteroatoms. The van der Waals surface area contributed by atoms with Crippen molar-refractivity contribution < 1.29 is 4.21 Å². The summed E-state index contributed by atoms with van der Waals surface area (Å²) in [5.74, 6) is 1.74. The summed E-state index contributed by atoms with van der Waals surface area (Å²) in [6.07, 6.45) is 6.83. The van der Waals surface area contributed by atoms with E-state index in [0.717, 1.165) is 37.3 Å². The third kappa shape index (κ3) is 3.68. The van der Waals surface area contributed by atoms with Crippen molar-refractivity contribution >= 4 is 10.8 Å². The van der Waals surface area contributed by atoms with Crippen LogP contribution in [0.3, 0.4) is 0 Å². The van der Waals surface area contributed by atoms with Gasteiger partial charge in [-0.2, -0.15) is 0 Å². The molecule has 16 heavy (non-hydrogen) atoms. The first-order valence-corrected chi connectivity index (χ1v) is 7.30. The standard InChI is InChI=1S/C12H18N2OS/c15-16-9-4-12(5-10-16)14-8-3-11-1-6-13-7-2-11/h1-2,6-7,12,14H,3-5,8-10H2. The van der Waals surface area contributed by atoms with Crippen LogP contribution in [0.15, 0.2) is 24.5 Å². The third-order valence-electron chi connectivity index (χ3n) is 2.98. The van der Waals surface area contributed by atoms with E-state index in [9.17, 15) is 4.21 Å². The van der Waals surface area contributed by atoms with Gasteiger partial charge >= 0.3 is 0 Å². The van der Waals surface area contributed by atoms with Crippen molar-refractivity contribution in [2.24, 2.45) is 0 Å². The molecule has 88 valence electrons. The predicted octanol–water partition coefficient (Wildman–Crippen LogP) is 1.12. The van der Waals surface area contributed by atoms with Gasteiger partial charge in [0, 0.05) is 40.7 Å². The lowest BCUT2D eigenvalue weighted by molar-refractivity contribution is 0.479. The zero-order valence-electron chi connectivity index (χ0n) is 9.39. The number of nitrogens with zero attached hydrogens (tertiary/aromatic N) is 1. The second-order valence-corrected chi connectivity index (χ2v) is 5.88. The van der Waals surface area contributed by atoms with Crippen molar-refractivity contribution in [3.05, 3.63) is 30.1 Å². The minimum Gasteiger partial charge on any atom is -0.314 e. The van der Waals surface area contributed by atoms with Crippen molar-refractivity contribution in [1.29, 1.82) is 0 Å². The van der Waals surface area contributed by atoms with Gasteiger partial charge in [-0.05, 0) is 43.5 Å². The largest absolute Gasteiger partial charge is 0.314 e. The predicted molar refractivity (Wildman–Crippen MR) is 66.8 cm³/mol. The normalized spacial score (nSPS) is 25.5. The van der Waals surface area contributed by atoms with Gasteiger partial charge in [0.2, 0.25) is 0 Å². The molecule has 1 aliphatic heterocycles. The maximum absolute atomic E-state index is 11.2. The van der Waals surface area contributed by atoms with Gasteiger partial charge in [-0.3, -0.25) is 9.19 Å². The molecule has 1 aliphatic rings. The first kappa shape index (κ1) is 11.7. The number of aromatic nitrogens is 1. The number of rotatable bonds is 4. The van der Waals surface area contributed by atoms with Crippen LogP contribution in [0.4, 0.5) is 0 Å². The summed E-state index contributed by atoms with van der Waals surface area (Å²) >= 11 is 0. The number of pyridine rings is 1. The second-order valence-electron chi connectivity index (χ2n) is 4.18. The quantitative estimate of drug-likeness (QED) is 0.855. The highest BCUT2D eigenvalue weighted by atomic mass is 32.2. The molecule has 0 bridgehead atoms. The van der Waals surface area contributed by atoms with E-state index in [-0.39, 0.29) is 0 Å². The first-order chi connectivity index (χ1) is 7.84. The lowest BCUT2D eigenvalue weighted by Gasteiger charge is -2.22. The smallest absolute Gasteiger partial charge is 0.0270 e. The van der Waals surface area contributed by atoms with Crippen LogP contribution in [-0.2, 0) is 17.2 Å². The van der Waals surface area contributed by atoms with Gasteiger partial charge < -0.3 is 5.32 Å². The fraction of sp³-hybridized carbons (Fsp3) is 0.583. The van der Waals surface area contributed by atoms with Gasteiger partial charge in [0.05, 0.1) is 0 Å². The van der Waals surface area contributed by atoms with Crippen LogP contribution < -0.4 is 5.32 Å². The Labute approximate surface area is 99.1 Å². The Morgan fingerprint density at radius 2 is 2.00 bits per heavy atom. The van der Waals surface area contributed by atoms with Crippen LogP contribution in [0.5, 0.6) is 0 Å². The first-order valence-electron chi connectivity index (χ1n) is 5.82. The lowest BCUT2D eigenvalue weighted by atomic mass is 10.1. The number of hydrogen-bond donors (Lipinski definition) is 1. The molecule has 0 saturated carbocycles. The molecule has 1 N–H and O–H groups in total. The molecule has 2 rings (SSSR count). The number of hydrogen-bond acceptors (Lipinski definition) is 3. The highest BCUT2D eigenvalue weighted by Crippen LogP contribution is 2.09. The second kappa shape index (κ2) is 6.11. The Morgan fingerprint density at radius 3 is 2.69 bits per heavy atom. The molecule has 1 aromatic heterocycles. The van der Waals surface area contributed by atoms with E-state index in [1.165, 1.54) is 5.56 Å². The Morgan fingerprint density at radius 1 is 1.31 bits per heavy atom. The summed E-state index contributed by atoms with van der Waals surface area (Å²) in [6.45, 7) is 1.00. The summed E-state index contributed by atoms with van der Waals surface area (Å²) in [4.78, 5) is 4.00. The molecule has 1 fully saturated rings. The molecule has 1 saturated heterocycles. The molecule has 0 radical (unpaired) electrons. The minimum atomic E-state index is -0.551. The highest BCUT2D eigenvalue weighted by molar-refractivity contribution is 7.85. The van der Waals surface area contributed by atoms with E-state index in [1.54, 1.807) is 0 Å². The van der Waals surface area contributed by atoms with Gasteiger partial charge in [-0.15, -0.1) is 0 Å². The Balaban J connectivity index is 1.67. The van der Waals surface area contributed by atoms with Crippen molar-refractivity contribution in [2.45, 2.75) is 25.3 Å². The average molecular weight is 238 g/mol. The van der Waals surface area contributed by atoms with Crippen molar-refractivity contribution in [2.75, 3.05) is 18.1 Å². The van der Waals surface area contributed by atoms with E-state index in [1.807, 2.05) is 12.4 Å². The van der Waals surface area contributed by atoms with Crippen LogP contribution in [0.2, 0.25) is 0 Å². The molecule has 0 atom stereocenters. The zero-order chi connectivity index (χ0) is 11.2. The van der Waals surface area contributed by atoms with Gasteiger partial charge in [0.15, 0.2) is 0 Å². The molecular formula is C12H18N2OS. The average Bonchev–Trinajstić information content (AvgIpc) is 2.33. The summed E-state index contributed by atoms with van der Waals surface area (Å²) in [5, 5.41) is 3.54. The van der Waals surface area contributed by atoms with Crippen LogP contribution in [0, 0.1) is 0 Å². The highest BCUT2D eigenvalue weighted by Gasteiger charge is 2.16. The topological polar surface area (TPSA) is 42.0 Å². The Bertz CT molecular complexity index is 332. The summed E-state index contributed by atoms with van der Waals surface area (Å²) in [6, 6.07) is 4.68. The van der Waals surface area contributed by atoms with Crippen LogP contribution in [-0.4, -0.2) is 33.3 Å². The monoisotopic (exact) mass is 238 g/mol. The molecule has 1 aromatic rings. The molecule has 0 amide bonds. The third-order valence-corrected chi connectivity index (χ3v) is 4.37. The molecule has 0 unspecified atom stereocenters. The SMILES string of the molecule is O=S1CCC(NCCc2ccncc2)CC1. The molecule has 3 nitrogen and oxygen atoms in total. The van der Waals surface area contributed by atoms with Crippen molar-refractivity contribution in [3.8, 4) is 0 Å².